The number of halogens is 1. The van der Waals surface area contributed by atoms with Crippen molar-refractivity contribution in [3.8, 4) is 17.1 Å². The number of benzene rings is 2. The van der Waals surface area contributed by atoms with Crippen molar-refractivity contribution >= 4 is 11.6 Å². The predicted octanol–water partition coefficient (Wildman–Crippen LogP) is 2.54. The first kappa shape index (κ1) is 21.2. The van der Waals surface area contributed by atoms with E-state index in [0.717, 1.165) is 0 Å². The zero-order chi connectivity index (χ0) is 21.7. The molecule has 2 N–H and O–H groups in total. The molecule has 0 spiro atoms. The van der Waals surface area contributed by atoms with Crippen molar-refractivity contribution in [2.24, 2.45) is 0 Å². The molecule has 0 aliphatic rings. The van der Waals surface area contributed by atoms with Crippen molar-refractivity contribution in [2.75, 3.05) is 19.0 Å². The van der Waals surface area contributed by atoms with Crippen LogP contribution < -0.4 is 15.6 Å². The number of ether oxygens (including phenoxy) is 1. The van der Waals surface area contributed by atoms with Gasteiger partial charge in [-0.2, -0.15) is 0 Å². The number of aromatic nitrogens is 2. The fraction of sp³-hybridized carbons (Fsp3) is 0.227. The van der Waals surface area contributed by atoms with Crippen molar-refractivity contribution in [2.45, 2.75) is 19.9 Å². The summed E-state index contributed by atoms with van der Waals surface area (Å²) in [6.45, 7) is 1.15. The van der Waals surface area contributed by atoms with Crippen LogP contribution in [0.4, 0.5) is 10.1 Å². The number of nitrogens with one attached hydrogen (secondary N) is 1. The number of rotatable bonds is 7. The first-order chi connectivity index (χ1) is 14.4. The smallest absolute Gasteiger partial charge is 0.257 e. The van der Waals surface area contributed by atoms with Gasteiger partial charge in [-0.3, -0.25) is 14.2 Å². The van der Waals surface area contributed by atoms with E-state index in [1.165, 1.54) is 35.9 Å². The molecule has 0 aliphatic heterocycles. The molecule has 2 aromatic carbocycles. The summed E-state index contributed by atoms with van der Waals surface area (Å²) in [6.07, 6.45) is 0.124. The van der Waals surface area contributed by atoms with E-state index in [9.17, 15) is 19.1 Å². The average molecular weight is 411 g/mol. The molecule has 0 radical (unpaired) electrons. The van der Waals surface area contributed by atoms with Gasteiger partial charge in [-0.15, -0.1) is 0 Å². The van der Waals surface area contributed by atoms with Crippen LogP contribution in [0.25, 0.3) is 11.4 Å². The lowest BCUT2D eigenvalue weighted by atomic mass is 10.1. The van der Waals surface area contributed by atoms with Gasteiger partial charge in [0.25, 0.3) is 5.56 Å². The highest BCUT2D eigenvalue weighted by Crippen LogP contribution is 2.19. The molecule has 0 aliphatic carbocycles. The lowest BCUT2D eigenvalue weighted by molar-refractivity contribution is -0.116. The van der Waals surface area contributed by atoms with Gasteiger partial charge in [-0.05, 0) is 43.3 Å². The molecular weight excluding hydrogens is 389 g/mol. The SMILES string of the molecule is COc1cccc(NC(=O)Cn2c(-c3ccc(F)cc3)nc(C)c(CCO)c2=O)c1. The normalized spacial score (nSPS) is 10.7. The van der Waals surface area contributed by atoms with Gasteiger partial charge in [0.1, 0.15) is 23.9 Å². The number of methoxy groups -OCH3 is 1. The standard InChI is InChI=1S/C22H22FN3O4/c1-14-19(10-11-27)22(29)26(21(24-14)15-6-8-16(23)9-7-15)13-20(28)25-17-4-3-5-18(12-17)30-2/h3-9,12,27H,10-11,13H2,1-2H3,(H,25,28). The molecule has 0 saturated carbocycles. The molecule has 3 aromatic rings. The van der Waals surface area contributed by atoms with E-state index in [-0.39, 0.29) is 25.4 Å². The van der Waals surface area contributed by atoms with Gasteiger partial charge in [0, 0.05) is 41.6 Å². The number of carbonyl (C=O) groups is 1. The molecule has 0 unspecified atom stereocenters. The zero-order valence-corrected chi connectivity index (χ0v) is 16.7. The molecular formula is C22H22FN3O4. The van der Waals surface area contributed by atoms with Gasteiger partial charge in [0.15, 0.2) is 0 Å². The summed E-state index contributed by atoms with van der Waals surface area (Å²) in [6, 6.07) is 12.4. The quantitative estimate of drug-likeness (QED) is 0.623. The van der Waals surface area contributed by atoms with Gasteiger partial charge in [-0.1, -0.05) is 6.07 Å². The number of carbonyl (C=O) groups excluding carboxylic acids is 1. The first-order valence-electron chi connectivity index (χ1n) is 9.34. The number of anilines is 1. The second kappa shape index (κ2) is 9.32. The third-order valence-corrected chi connectivity index (χ3v) is 4.59. The molecule has 0 saturated heterocycles. The van der Waals surface area contributed by atoms with E-state index in [2.05, 4.69) is 10.3 Å². The van der Waals surface area contributed by atoms with Crippen molar-refractivity contribution in [3.05, 3.63) is 76.0 Å². The van der Waals surface area contributed by atoms with Crippen molar-refractivity contribution < 1.29 is 19.0 Å². The molecule has 0 bridgehead atoms. The minimum Gasteiger partial charge on any atom is -0.497 e. The fourth-order valence-electron chi connectivity index (χ4n) is 3.11. The summed E-state index contributed by atoms with van der Waals surface area (Å²) >= 11 is 0. The Bertz CT molecular complexity index is 1110. The van der Waals surface area contributed by atoms with E-state index >= 15 is 0 Å². The van der Waals surface area contributed by atoms with Crippen LogP contribution in [0.3, 0.4) is 0 Å². The molecule has 8 heteroatoms. The Labute approximate surface area is 172 Å². The maximum absolute atomic E-state index is 13.3. The van der Waals surface area contributed by atoms with E-state index < -0.39 is 17.3 Å². The average Bonchev–Trinajstić information content (AvgIpc) is 2.73. The Hall–Kier alpha value is -3.52. The predicted molar refractivity (Wildman–Crippen MR) is 111 cm³/mol. The number of aryl methyl sites for hydroxylation is 1. The Morgan fingerprint density at radius 3 is 2.63 bits per heavy atom. The van der Waals surface area contributed by atoms with Crippen LogP contribution >= 0.6 is 0 Å². The summed E-state index contributed by atoms with van der Waals surface area (Å²) < 4.78 is 19.7. The number of aliphatic hydroxyl groups is 1. The van der Waals surface area contributed by atoms with Gasteiger partial charge in [0.2, 0.25) is 5.91 Å². The van der Waals surface area contributed by atoms with Crippen molar-refractivity contribution in [1.29, 1.82) is 0 Å². The highest BCUT2D eigenvalue weighted by Gasteiger charge is 2.18. The largest absolute Gasteiger partial charge is 0.497 e. The number of hydrogen-bond acceptors (Lipinski definition) is 5. The van der Waals surface area contributed by atoms with Crippen LogP contribution in [0.1, 0.15) is 11.3 Å². The molecule has 156 valence electrons. The summed E-state index contributed by atoms with van der Waals surface area (Å²) in [5.74, 6) is -0.0226. The molecule has 1 amide bonds. The number of nitrogens with zero attached hydrogens (tertiary/aromatic N) is 2. The number of amides is 1. The topological polar surface area (TPSA) is 93.4 Å². The summed E-state index contributed by atoms with van der Waals surface area (Å²) in [5, 5.41) is 12.0. The third-order valence-electron chi connectivity index (χ3n) is 4.59. The Balaban J connectivity index is 2.00. The van der Waals surface area contributed by atoms with Crippen LogP contribution in [0, 0.1) is 12.7 Å². The van der Waals surface area contributed by atoms with Gasteiger partial charge >= 0.3 is 0 Å². The molecule has 1 aromatic heterocycles. The zero-order valence-electron chi connectivity index (χ0n) is 16.7. The van der Waals surface area contributed by atoms with Crippen LogP contribution in [0.5, 0.6) is 5.75 Å². The monoisotopic (exact) mass is 411 g/mol. The summed E-state index contributed by atoms with van der Waals surface area (Å²) in [7, 11) is 1.52. The minimum atomic E-state index is -0.436. The molecule has 30 heavy (non-hydrogen) atoms. The Morgan fingerprint density at radius 1 is 1.23 bits per heavy atom. The summed E-state index contributed by atoms with van der Waals surface area (Å²) in [4.78, 5) is 30.2. The van der Waals surface area contributed by atoms with Gasteiger partial charge in [0.05, 0.1) is 7.11 Å². The van der Waals surface area contributed by atoms with E-state index in [0.29, 0.717) is 28.3 Å². The van der Waals surface area contributed by atoms with Gasteiger partial charge in [-0.25, -0.2) is 9.37 Å². The minimum absolute atomic E-state index is 0.124. The van der Waals surface area contributed by atoms with Gasteiger partial charge < -0.3 is 15.2 Å². The lowest BCUT2D eigenvalue weighted by Gasteiger charge is -2.16. The van der Waals surface area contributed by atoms with Crippen LogP contribution in [-0.4, -0.2) is 34.3 Å². The van der Waals surface area contributed by atoms with Crippen molar-refractivity contribution in [1.82, 2.24) is 9.55 Å². The highest BCUT2D eigenvalue weighted by atomic mass is 19.1. The van der Waals surface area contributed by atoms with Crippen LogP contribution in [0.15, 0.2) is 53.3 Å². The molecule has 0 atom stereocenters. The molecule has 1 heterocycles. The van der Waals surface area contributed by atoms with Crippen LogP contribution in [0.2, 0.25) is 0 Å². The first-order valence-corrected chi connectivity index (χ1v) is 9.34. The maximum atomic E-state index is 13.3. The van der Waals surface area contributed by atoms with Crippen LogP contribution in [-0.2, 0) is 17.8 Å². The Morgan fingerprint density at radius 2 is 1.97 bits per heavy atom. The summed E-state index contributed by atoms with van der Waals surface area (Å²) in [5.41, 5.74) is 1.39. The number of hydrogen-bond donors (Lipinski definition) is 2. The van der Waals surface area contributed by atoms with E-state index in [4.69, 9.17) is 4.74 Å². The second-order valence-electron chi connectivity index (χ2n) is 6.65. The van der Waals surface area contributed by atoms with Crippen molar-refractivity contribution in [3.63, 3.8) is 0 Å². The molecule has 7 nitrogen and oxygen atoms in total. The van der Waals surface area contributed by atoms with E-state index in [1.54, 1.807) is 31.2 Å². The Kier molecular flexibility index (Phi) is 6.58. The number of aliphatic hydroxyl groups excluding tert-OH is 1. The maximum Gasteiger partial charge on any atom is 0.257 e. The third kappa shape index (κ3) is 4.72. The van der Waals surface area contributed by atoms with E-state index in [1.807, 2.05) is 0 Å². The molecule has 3 rings (SSSR count). The lowest BCUT2D eigenvalue weighted by Crippen LogP contribution is -2.33. The fourth-order valence-corrected chi connectivity index (χ4v) is 3.11. The second-order valence-corrected chi connectivity index (χ2v) is 6.65. The highest BCUT2D eigenvalue weighted by molar-refractivity contribution is 5.91. The molecule has 0 fully saturated rings.